The van der Waals surface area contributed by atoms with E-state index in [2.05, 4.69) is 4.74 Å². The number of hydrogen-bond acceptors (Lipinski definition) is 7. The van der Waals surface area contributed by atoms with Crippen molar-refractivity contribution in [3.05, 3.63) is 52.5 Å². The van der Waals surface area contributed by atoms with Gasteiger partial charge in [-0.05, 0) is 49.2 Å². The Morgan fingerprint density at radius 1 is 1.26 bits per heavy atom. The Labute approximate surface area is 198 Å². The van der Waals surface area contributed by atoms with Gasteiger partial charge in [0.1, 0.15) is 24.2 Å². The molecule has 182 valence electrons. The molecule has 0 saturated carbocycles. The summed E-state index contributed by atoms with van der Waals surface area (Å²) in [6.07, 6.45) is -2.48. The third-order valence-corrected chi connectivity index (χ3v) is 5.77. The molecule has 1 saturated heterocycles. The Kier molecular flexibility index (Phi) is 7.48. The van der Waals surface area contributed by atoms with E-state index in [1.54, 1.807) is 0 Å². The molecule has 0 spiro atoms. The van der Waals surface area contributed by atoms with Gasteiger partial charge in [-0.25, -0.2) is 13.1 Å². The Hall–Kier alpha value is -3.17. The maximum absolute atomic E-state index is 12.5. The molecule has 13 heteroatoms. The zero-order valence-electron chi connectivity index (χ0n) is 17.7. The van der Waals surface area contributed by atoms with Crippen LogP contribution in [0.2, 0.25) is 5.02 Å². The number of halogens is 4. The highest BCUT2D eigenvalue weighted by atomic mass is 35.5. The normalized spacial score (nSPS) is 16.1. The zero-order chi connectivity index (χ0) is 25.1. The van der Waals surface area contributed by atoms with Crippen molar-refractivity contribution in [3.8, 4) is 17.6 Å². The second kappa shape index (κ2) is 9.99. The molecule has 34 heavy (non-hydrogen) atoms. The Morgan fingerprint density at radius 2 is 1.97 bits per heavy atom. The summed E-state index contributed by atoms with van der Waals surface area (Å²) in [7, 11) is -3.76. The van der Waals surface area contributed by atoms with Crippen LogP contribution in [-0.2, 0) is 10.0 Å². The molecule has 0 aromatic heterocycles. The average Bonchev–Trinajstić information content (AvgIpc) is 3.20. The molecule has 1 atom stereocenters. The van der Waals surface area contributed by atoms with Crippen molar-refractivity contribution in [2.75, 3.05) is 24.3 Å². The first-order valence-corrected chi connectivity index (χ1v) is 12.1. The molecule has 3 rings (SSSR count). The number of amides is 1. The van der Waals surface area contributed by atoms with E-state index in [1.165, 1.54) is 30.3 Å². The van der Waals surface area contributed by atoms with E-state index in [-0.39, 0.29) is 34.5 Å². The molecule has 2 aromatic carbocycles. The van der Waals surface area contributed by atoms with Gasteiger partial charge in [-0.15, -0.1) is 13.2 Å². The molecule has 1 aliphatic heterocycles. The summed E-state index contributed by atoms with van der Waals surface area (Å²) in [6.45, 7) is 0.779. The van der Waals surface area contributed by atoms with Crippen molar-refractivity contribution < 1.29 is 35.9 Å². The zero-order valence-corrected chi connectivity index (χ0v) is 19.3. The predicted molar refractivity (Wildman–Crippen MR) is 117 cm³/mol. The monoisotopic (exact) mass is 517 g/mol. The molecule has 0 radical (unpaired) electrons. The van der Waals surface area contributed by atoms with Crippen molar-refractivity contribution in [1.82, 2.24) is 4.72 Å². The molecule has 1 amide bonds. The summed E-state index contributed by atoms with van der Waals surface area (Å²) in [5.41, 5.74) is 0.619. The predicted octanol–water partition coefficient (Wildman–Crippen LogP) is 3.85. The molecule has 2 aromatic rings. The highest BCUT2D eigenvalue weighted by molar-refractivity contribution is 7.89. The van der Waals surface area contributed by atoms with Crippen LogP contribution in [0.3, 0.4) is 0 Å². The van der Waals surface area contributed by atoms with Crippen LogP contribution in [0.15, 0.2) is 36.4 Å². The largest absolute Gasteiger partial charge is 0.573 e. The molecule has 1 fully saturated rings. The van der Waals surface area contributed by atoms with Crippen LogP contribution in [0, 0.1) is 11.3 Å². The number of nitrogens with one attached hydrogen (secondary N) is 1. The standard InChI is InChI=1S/C21H19ClF3N3O5S/c1-34(30,31)27-20(29)13-4-6-18(14(9-13)11-26)32-12-16-3-2-8-28(16)15-5-7-19(17(22)10-15)33-21(23,24)25/h4-7,9-10,16H,2-3,8,12H2,1H3,(H,27,29)/t16-/m1/s1. The third-order valence-electron chi connectivity index (χ3n) is 4.92. The first-order chi connectivity index (χ1) is 15.9. The van der Waals surface area contributed by atoms with Crippen molar-refractivity contribution in [2.45, 2.75) is 25.2 Å². The fraction of sp³-hybridized carbons (Fsp3) is 0.333. The molecular weight excluding hydrogens is 499 g/mol. The quantitative estimate of drug-likeness (QED) is 0.594. The van der Waals surface area contributed by atoms with E-state index in [0.29, 0.717) is 12.2 Å². The number of benzene rings is 2. The van der Waals surface area contributed by atoms with Gasteiger partial charge >= 0.3 is 6.36 Å². The van der Waals surface area contributed by atoms with Gasteiger partial charge < -0.3 is 14.4 Å². The van der Waals surface area contributed by atoms with Crippen molar-refractivity contribution in [3.63, 3.8) is 0 Å². The lowest BCUT2D eigenvalue weighted by atomic mass is 10.1. The highest BCUT2D eigenvalue weighted by Crippen LogP contribution is 2.35. The lowest BCUT2D eigenvalue weighted by molar-refractivity contribution is -0.274. The van der Waals surface area contributed by atoms with Crippen molar-refractivity contribution >= 4 is 33.2 Å². The second-order valence-electron chi connectivity index (χ2n) is 7.49. The van der Waals surface area contributed by atoms with Crippen LogP contribution in [0.25, 0.3) is 0 Å². The Morgan fingerprint density at radius 3 is 2.59 bits per heavy atom. The van der Waals surface area contributed by atoms with Crippen molar-refractivity contribution in [2.24, 2.45) is 0 Å². The van der Waals surface area contributed by atoms with Gasteiger partial charge in [-0.2, -0.15) is 5.26 Å². The van der Waals surface area contributed by atoms with Crippen LogP contribution >= 0.6 is 11.6 Å². The maximum Gasteiger partial charge on any atom is 0.573 e. The number of nitrogens with zero attached hydrogens (tertiary/aromatic N) is 2. The number of nitriles is 1. The van der Waals surface area contributed by atoms with Crippen LogP contribution in [-0.4, -0.2) is 46.1 Å². The molecule has 8 nitrogen and oxygen atoms in total. The van der Waals surface area contributed by atoms with Gasteiger partial charge in [0.2, 0.25) is 10.0 Å². The number of anilines is 1. The lowest BCUT2D eigenvalue weighted by Gasteiger charge is -2.27. The van der Waals surface area contributed by atoms with Gasteiger partial charge in [-0.3, -0.25) is 4.79 Å². The van der Waals surface area contributed by atoms with E-state index in [1.807, 2.05) is 15.7 Å². The lowest BCUT2D eigenvalue weighted by Crippen LogP contribution is -2.34. The smallest absolute Gasteiger partial charge is 0.490 e. The van der Waals surface area contributed by atoms with Crippen LogP contribution in [0.4, 0.5) is 18.9 Å². The van der Waals surface area contributed by atoms with Gasteiger partial charge in [-0.1, -0.05) is 11.6 Å². The van der Waals surface area contributed by atoms with E-state index in [9.17, 15) is 31.6 Å². The van der Waals surface area contributed by atoms with E-state index in [0.717, 1.165) is 25.2 Å². The van der Waals surface area contributed by atoms with Crippen LogP contribution in [0.1, 0.15) is 28.8 Å². The van der Waals surface area contributed by atoms with E-state index in [4.69, 9.17) is 16.3 Å². The molecule has 0 bridgehead atoms. The van der Waals surface area contributed by atoms with Gasteiger partial charge in [0.05, 0.1) is 22.9 Å². The molecule has 0 aliphatic carbocycles. The van der Waals surface area contributed by atoms with Crippen LogP contribution in [0.5, 0.6) is 11.5 Å². The van der Waals surface area contributed by atoms with Gasteiger partial charge in [0.25, 0.3) is 5.91 Å². The summed E-state index contributed by atoms with van der Waals surface area (Å²) >= 11 is 5.97. The summed E-state index contributed by atoms with van der Waals surface area (Å²) in [5.74, 6) is -1.16. The van der Waals surface area contributed by atoms with Crippen molar-refractivity contribution in [1.29, 1.82) is 5.26 Å². The van der Waals surface area contributed by atoms with E-state index >= 15 is 0 Å². The summed E-state index contributed by atoms with van der Waals surface area (Å²) in [4.78, 5) is 13.9. The number of ether oxygens (including phenoxy) is 2. The number of carbonyl (C=O) groups excluding carboxylic acids is 1. The number of sulfonamides is 1. The maximum atomic E-state index is 12.5. The number of alkyl halides is 3. The first kappa shape index (κ1) is 25.5. The second-order valence-corrected chi connectivity index (χ2v) is 9.64. The number of rotatable bonds is 7. The fourth-order valence-electron chi connectivity index (χ4n) is 3.52. The third kappa shape index (κ3) is 6.68. The summed E-state index contributed by atoms with van der Waals surface area (Å²) < 4.78 is 71.4. The SMILES string of the molecule is CS(=O)(=O)NC(=O)c1ccc(OC[C@H]2CCCN2c2ccc(OC(F)(F)F)c(Cl)c2)c(C#N)c1. The number of carbonyl (C=O) groups is 1. The van der Waals surface area contributed by atoms with Gasteiger partial charge in [0, 0.05) is 17.8 Å². The molecule has 0 unspecified atom stereocenters. The van der Waals surface area contributed by atoms with E-state index < -0.39 is 28.0 Å². The summed E-state index contributed by atoms with van der Waals surface area (Å²) in [5, 5.41) is 9.24. The minimum Gasteiger partial charge on any atom is -0.490 e. The molecule has 1 N–H and O–H groups in total. The number of hydrogen-bond donors (Lipinski definition) is 1. The summed E-state index contributed by atoms with van der Waals surface area (Å²) in [6, 6.07) is 9.73. The van der Waals surface area contributed by atoms with Crippen LogP contribution < -0.4 is 19.1 Å². The molecular formula is C21H19ClF3N3O5S. The topological polar surface area (TPSA) is 109 Å². The minimum atomic E-state index is -4.85. The molecule has 1 aliphatic rings. The Balaban J connectivity index is 1.71. The molecule has 1 heterocycles. The Bertz CT molecular complexity index is 1230. The minimum absolute atomic E-state index is 0.0207. The average molecular weight is 518 g/mol. The fourth-order valence-corrected chi connectivity index (χ4v) is 4.19. The highest BCUT2D eigenvalue weighted by Gasteiger charge is 2.32. The van der Waals surface area contributed by atoms with Gasteiger partial charge in [0.15, 0.2) is 0 Å². The first-order valence-electron chi connectivity index (χ1n) is 9.87.